The average Bonchev–Trinajstić information content (AvgIpc) is 2.05. The molecule has 0 heterocycles. The predicted molar refractivity (Wildman–Crippen MR) is 46.5 cm³/mol. The highest BCUT2D eigenvalue weighted by atomic mass is 16.7. The Morgan fingerprint density at radius 1 is 1.33 bits per heavy atom. The molecule has 1 radical (unpaired) electrons. The van der Waals surface area contributed by atoms with E-state index >= 15 is 0 Å². The third-order valence-corrected chi connectivity index (χ3v) is 1.43. The first-order valence-electron chi connectivity index (χ1n) is 4.42. The summed E-state index contributed by atoms with van der Waals surface area (Å²) in [6.07, 6.45) is 3.81. The van der Waals surface area contributed by atoms with Gasteiger partial charge in [-0.15, -0.1) is 0 Å². The molecule has 3 heteroatoms. The summed E-state index contributed by atoms with van der Waals surface area (Å²) < 4.78 is 9.20. The number of hydrogen-bond donors (Lipinski definition) is 0. The second kappa shape index (κ2) is 8.37. The Labute approximate surface area is 74.0 Å². The van der Waals surface area contributed by atoms with Gasteiger partial charge in [0.2, 0.25) is 0 Å². The largest absolute Gasteiger partial charge is 0.508 e. The van der Waals surface area contributed by atoms with E-state index in [9.17, 15) is 4.79 Å². The molecule has 3 nitrogen and oxygen atoms in total. The van der Waals surface area contributed by atoms with Gasteiger partial charge >= 0.3 is 6.16 Å². The van der Waals surface area contributed by atoms with Crippen molar-refractivity contribution in [2.75, 3.05) is 6.61 Å². The number of ether oxygens (including phenoxy) is 2. The molecule has 0 saturated carbocycles. The van der Waals surface area contributed by atoms with E-state index in [1.54, 1.807) is 6.92 Å². The van der Waals surface area contributed by atoms with Gasteiger partial charge in [-0.05, 0) is 13.3 Å². The van der Waals surface area contributed by atoms with Gasteiger partial charge in [0.1, 0.15) is 6.61 Å². The molecule has 0 aromatic heterocycles. The highest BCUT2D eigenvalue weighted by molar-refractivity contribution is 5.60. The van der Waals surface area contributed by atoms with E-state index in [-0.39, 0.29) is 0 Å². The maximum Gasteiger partial charge on any atom is 0.508 e. The summed E-state index contributed by atoms with van der Waals surface area (Å²) in [5, 5.41) is 0. The van der Waals surface area contributed by atoms with E-state index in [0.717, 1.165) is 12.8 Å². The topological polar surface area (TPSA) is 35.5 Å². The van der Waals surface area contributed by atoms with Crippen LogP contribution in [0, 0.1) is 6.61 Å². The molecule has 0 aliphatic carbocycles. The van der Waals surface area contributed by atoms with Crippen molar-refractivity contribution in [2.45, 2.75) is 39.5 Å². The fourth-order valence-electron chi connectivity index (χ4n) is 0.815. The Bertz CT molecular complexity index is 112. The lowest BCUT2D eigenvalue weighted by Gasteiger charge is -2.02. The second-order valence-electron chi connectivity index (χ2n) is 2.51. The molecule has 71 valence electrons. The predicted octanol–water partition coefficient (Wildman–Crippen LogP) is 2.90. The molecule has 0 atom stereocenters. The van der Waals surface area contributed by atoms with Crippen LogP contribution in [0.2, 0.25) is 0 Å². The number of rotatable bonds is 6. The van der Waals surface area contributed by atoms with Crippen LogP contribution in [0.25, 0.3) is 0 Å². The first-order valence-corrected chi connectivity index (χ1v) is 4.42. The third-order valence-electron chi connectivity index (χ3n) is 1.43. The Hall–Kier alpha value is -0.730. The van der Waals surface area contributed by atoms with Crippen molar-refractivity contribution in [1.29, 1.82) is 0 Å². The van der Waals surface area contributed by atoms with E-state index in [1.807, 2.05) is 0 Å². The minimum Gasteiger partial charge on any atom is -0.434 e. The van der Waals surface area contributed by atoms with Gasteiger partial charge in [0, 0.05) is 0 Å². The quantitative estimate of drug-likeness (QED) is 0.457. The van der Waals surface area contributed by atoms with Gasteiger partial charge in [-0.25, -0.2) is 4.79 Å². The molecule has 0 unspecified atom stereocenters. The molecule has 0 bridgehead atoms. The van der Waals surface area contributed by atoms with Crippen LogP contribution in [0.3, 0.4) is 0 Å². The molecule has 0 fully saturated rings. The molecule has 12 heavy (non-hydrogen) atoms. The molecule has 0 aromatic carbocycles. The fraction of sp³-hybridized carbons (Fsp3) is 0.778. The van der Waals surface area contributed by atoms with Crippen LogP contribution in [0.1, 0.15) is 39.5 Å². The van der Waals surface area contributed by atoms with Gasteiger partial charge < -0.3 is 9.47 Å². The molecule has 0 spiro atoms. The van der Waals surface area contributed by atoms with E-state index in [2.05, 4.69) is 11.7 Å². The smallest absolute Gasteiger partial charge is 0.434 e. The lowest BCUT2D eigenvalue weighted by atomic mass is 10.2. The highest BCUT2D eigenvalue weighted by Gasteiger charge is 2.00. The van der Waals surface area contributed by atoms with E-state index in [4.69, 9.17) is 4.74 Å². The number of carbonyl (C=O) groups is 1. The monoisotopic (exact) mass is 173 g/mol. The van der Waals surface area contributed by atoms with Crippen molar-refractivity contribution in [3.63, 3.8) is 0 Å². The van der Waals surface area contributed by atoms with Gasteiger partial charge in [0.15, 0.2) is 0 Å². The van der Waals surface area contributed by atoms with Crippen molar-refractivity contribution >= 4 is 6.16 Å². The second-order valence-corrected chi connectivity index (χ2v) is 2.51. The van der Waals surface area contributed by atoms with Crippen LogP contribution < -0.4 is 0 Å². The highest BCUT2D eigenvalue weighted by Crippen LogP contribution is 1.99. The number of carbonyl (C=O) groups excluding carboxylic acids is 1. The molecular formula is C9H17O3. The van der Waals surface area contributed by atoms with Gasteiger partial charge in [-0.1, -0.05) is 26.2 Å². The molecule has 0 N–H and O–H groups in total. The standard InChI is InChI=1S/C9H17O3/c1-3-5-6-7-8-12-9(10)11-4-2/h4H,3,5-8H2,1-2H3. The Kier molecular flexibility index (Phi) is 7.86. The fourth-order valence-corrected chi connectivity index (χ4v) is 0.815. The zero-order valence-corrected chi connectivity index (χ0v) is 7.84. The van der Waals surface area contributed by atoms with E-state index < -0.39 is 6.16 Å². The molecular weight excluding hydrogens is 156 g/mol. The Balaban J connectivity index is 3.03. The van der Waals surface area contributed by atoms with Crippen LogP contribution in [0.15, 0.2) is 0 Å². The first-order chi connectivity index (χ1) is 5.81. The summed E-state index contributed by atoms with van der Waals surface area (Å²) in [7, 11) is 0. The van der Waals surface area contributed by atoms with E-state index in [0.29, 0.717) is 6.61 Å². The first kappa shape index (κ1) is 11.3. The average molecular weight is 173 g/mol. The third kappa shape index (κ3) is 7.38. The van der Waals surface area contributed by atoms with Crippen molar-refractivity contribution in [3.8, 4) is 0 Å². The molecule has 0 aliphatic rings. The minimum absolute atomic E-state index is 0.465. The number of unbranched alkanes of at least 4 members (excludes halogenated alkanes) is 3. The van der Waals surface area contributed by atoms with Gasteiger partial charge in [0.25, 0.3) is 0 Å². The normalized spacial score (nSPS) is 9.50. The van der Waals surface area contributed by atoms with Gasteiger partial charge in [-0.3, -0.25) is 0 Å². The summed E-state index contributed by atoms with van der Waals surface area (Å²) in [5.41, 5.74) is 0. The molecule has 0 aromatic rings. The summed E-state index contributed by atoms with van der Waals surface area (Å²) in [4.78, 5) is 10.6. The van der Waals surface area contributed by atoms with E-state index in [1.165, 1.54) is 19.4 Å². The van der Waals surface area contributed by atoms with Gasteiger partial charge in [0.05, 0.1) is 6.61 Å². The zero-order chi connectivity index (χ0) is 9.23. The summed E-state index contributed by atoms with van der Waals surface area (Å²) >= 11 is 0. The number of hydrogen-bond acceptors (Lipinski definition) is 3. The van der Waals surface area contributed by atoms with Crippen LogP contribution >= 0.6 is 0 Å². The summed E-state index contributed by atoms with van der Waals surface area (Å²) in [6.45, 7) is 5.56. The van der Waals surface area contributed by atoms with Crippen LogP contribution in [-0.4, -0.2) is 12.8 Å². The summed E-state index contributed by atoms with van der Waals surface area (Å²) in [6, 6.07) is 0. The van der Waals surface area contributed by atoms with Crippen molar-refractivity contribution in [2.24, 2.45) is 0 Å². The lowest BCUT2D eigenvalue weighted by molar-refractivity contribution is 0.0734. The molecule has 0 amide bonds. The molecule has 0 saturated heterocycles. The Morgan fingerprint density at radius 3 is 2.67 bits per heavy atom. The maximum absolute atomic E-state index is 10.6. The zero-order valence-electron chi connectivity index (χ0n) is 7.84. The summed E-state index contributed by atoms with van der Waals surface area (Å²) in [5.74, 6) is 0. The lowest BCUT2D eigenvalue weighted by Crippen LogP contribution is -2.05. The Morgan fingerprint density at radius 2 is 2.08 bits per heavy atom. The van der Waals surface area contributed by atoms with Crippen LogP contribution in [0.5, 0.6) is 0 Å². The van der Waals surface area contributed by atoms with Gasteiger partial charge in [-0.2, -0.15) is 0 Å². The SMILES string of the molecule is C[CH]OC(=O)OCCCCCC. The van der Waals surface area contributed by atoms with Crippen molar-refractivity contribution in [1.82, 2.24) is 0 Å². The molecule has 0 aliphatic heterocycles. The molecule has 0 rings (SSSR count). The van der Waals surface area contributed by atoms with Crippen molar-refractivity contribution < 1.29 is 14.3 Å². The minimum atomic E-state index is -0.603. The maximum atomic E-state index is 10.6. The van der Waals surface area contributed by atoms with Crippen molar-refractivity contribution in [3.05, 3.63) is 6.61 Å². The van der Waals surface area contributed by atoms with Crippen LogP contribution in [0.4, 0.5) is 4.79 Å². The van der Waals surface area contributed by atoms with Crippen LogP contribution in [-0.2, 0) is 9.47 Å².